The second kappa shape index (κ2) is 10.6. The van der Waals surface area contributed by atoms with Crippen molar-refractivity contribution in [1.82, 2.24) is 19.8 Å². The number of nitrogens with one attached hydrogen (secondary N) is 2. The zero-order valence-corrected chi connectivity index (χ0v) is 19.0. The quantitative estimate of drug-likeness (QED) is 0.478. The Morgan fingerprint density at radius 3 is 2.64 bits per heavy atom. The summed E-state index contributed by atoms with van der Waals surface area (Å²) in [6.45, 7) is 4.47. The molecule has 1 aliphatic heterocycles. The Balaban J connectivity index is 1.58. The van der Waals surface area contributed by atoms with Gasteiger partial charge in [0, 0.05) is 62.6 Å². The number of hydrogen-bond donors (Lipinski definition) is 3. The fourth-order valence-corrected chi connectivity index (χ4v) is 4.06. The molecule has 1 amide bonds. The number of aliphatic hydroxyl groups excluding tert-OH is 1. The van der Waals surface area contributed by atoms with Crippen molar-refractivity contribution in [3.8, 4) is 17.0 Å². The fourth-order valence-electron chi connectivity index (χ4n) is 4.06. The number of aromatic nitrogens is 2. The molecule has 0 spiro atoms. The molecule has 1 aliphatic rings. The molecular weight excluding hydrogens is 420 g/mol. The summed E-state index contributed by atoms with van der Waals surface area (Å²) in [6.07, 6.45) is 1.71. The number of anilines is 2. The lowest BCUT2D eigenvalue weighted by Gasteiger charge is -2.33. The van der Waals surface area contributed by atoms with Crippen molar-refractivity contribution in [2.24, 2.45) is 0 Å². The van der Waals surface area contributed by atoms with Gasteiger partial charge in [0.15, 0.2) is 0 Å². The lowest BCUT2D eigenvalue weighted by atomic mass is 10.0. The largest absolute Gasteiger partial charge is 0.497 e. The molecular formula is C24H30N6O3. The number of nitrogens with zero attached hydrogens (tertiary/aromatic N) is 4. The summed E-state index contributed by atoms with van der Waals surface area (Å²) in [5, 5.41) is 17.1. The molecule has 2 aromatic carbocycles. The molecule has 1 aromatic heterocycles. The first-order chi connectivity index (χ1) is 16.1. The van der Waals surface area contributed by atoms with Crippen molar-refractivity contribution < 1.29 is 14.6 Å². The number of rotatable bonds is 8. The summed E-state index contributed by atoms with van der Waals surface area (Å²) in [6, 6.07) is 11.7. The highest BCUT2D eigenvalue weighted by Gasteiger charge is 2.19. The van der Waals surface area contributed by atoms with Crippen molar-refractivity contribution >= 4 is 28.3 Å². The first-order valence-electron chi connectivity index (χ1n) is 11.1. The Morgan fingerprint density at radius 1 is 1.12 bits per heavy atom. The molecule has 0 saturated carbocycles. The Morgan fingerprint density at radius 2 is 1.91 bits per heavy atom. The van der Waals surface area contributed by atoms with Crippen LogP contribution in [0.2, 0.25) is 0 Å². The van der Waals surface area contributed by atoms with Crippen molar-refractivity contribution in [1.29, 1.82) is 0 Å². The lowest BCUT2D eigenvalue weighted by molar-refractivity contribution is -0.117. The third-order valence-electron chi connectivity index (χ3n) is 5.86. The average Bonchev–Trinajstić information content (AvgIpc) is 2.85. The predicted molar refractivity (Wildman–Crippen MR) is 130 cm³/mol. The van der Waals surface area contributed by atoms with E-state index in [4.69, 9.17) is 9.84 Å². The maximum absolute atomic E-state index is 13.0. The van der Waals surface area contributed by atoms with E-state index in [1.165, 1.54) is 0 Å². The Hall–Kier alpha value is -3.27. The molecule has 9 heteroatoms. The van der Waals surface area contributed by atoms with Crippen LogP contribution in [0.25, 0.3) is 22.0 Å². The third kappa shape index (κ3) is 5.57. The van der Waals surface area contributed by atoms with Crippen LogP contribution in [-0.2, 0) is 4.79 Å². The second-order valence-corrected chi connectivity index (χ2v) is 8.02. The summed E-state index contributed by atoms with van der Waals surface area (Å²) < 4.78 is 5.41. The summed E-state index contributed by atoms with van der Waals surface area (Å²) in [7, 11) is 3.41. The highest BCUT2D eigenvalue weighted by Crippen LogP contribution is 2.33. The number of fused-ring (bicyclic) bond motifs is 1. The topological polar surface area (TPSA) is 103 Å². The van der Waals surface area contributed by atoms with Crippen molar-refractivity contribution in [2.75, 3.05) is 70.7 Å². The Labute approximate surface area is 193 Å². The molecule has 4 rings (SSSR count). The van der Waals surface area contributed by atoms with Crippen LogP contribution in [-0.4, -0.2) is 90.8 Å². The van der Waals surface area contributed by atoms with E-state index in [9.17, 15) is 4.79 Å². The number of ether oxygens (including phenoxy) is 1. The number of piperazine rings is 1. The van der Waals surface area contributed by atoms with E-state index in [1.807, 2.05) is 36.4 Å². The fraction of sp³-hybridized carbons (Fsp3) is 0.375. The summed E-state index contributed by atoms with van der Waals surface area (Å²) in [5.41, 5.74) is 2.37. The number of hydrogen-bond acceptors (Lipinski definition) is 8. The molecule has 3 N–H and O–H groups in total. The molecule has 33 heavy (non-hydrogen) atoms. The van der Waals surface area contributed by atoms with E-state index in [-0.39, 0.29) is 12.5 Å². The van der Waals surface area contributed by atoms with Gasteiger partial charge in [-0.05, 0) is 35.7 Å². The number of aliphatic hydroxyl groups is 1. The smallest absolute Gasteiger partial charge is 0.238 e. The minimum absolute atomic E-state index is 0.0644. The molecule has 1 saturated heterocycles. The van der Waals surface area contributed by atoms with Crippen LogP contribution in [0.1, 0.15) is 0 Å². The van der Waals surface area contributed by atoms with Gasteiger partial charge in [-0.15, -0.1) is 0 Å². The molecule has 3 aromatic rings. The van der Waals surface area contributed by atoms with Crippen LogP contribution in [0.4, 0.5) is 11.6 Å². The first-order valence-corrected chi connectivity index (χ1v) is 11.1. The summed E-state index contributed by atoms with van der Waals surface area (Å²) in [5.74, 6) is 1.20. The minimum Gasteiger partial charge on any atom is -0.497 e. The van der Waals surface area contributed by atoms with E-state index < -0.39 is 0 Å². The van der Waals surface area contributed by atoms with Gasteiger partial charge in [0.2, 0.25) is 11.9 Å². The molecule has 0 atom stereocenters. The molecule has 0 unspecified atom stereocenters. The number of carbonyl (C=O) groups excluding carboxylic acids is 1. The highest BCUT2D eigenvalue weighted by molar-refractivity contribution is 6.05. The van der Waals surface area contributed by atoms with Crippen LogP contribution in [0.5, 0.6) is 5.75 Å². The van der Waals surface area contributed by atoms with E-state index in [0.29, 0.717) is 19.0 Å². The number of carbonyl (C=O) groups is 1. The Bertz CT molecular complexity index is 1110. The van der Waals surface area contributed by atoms with Crippen LogP contribution in [0.15, 0.2) is 42.6 Å². The van der Waals surface area contributed by atoms with Gasteiger partial charge < -0.3 is 20.5 Å². The monoisotopic (exact) mass is 450 g/mol. The maximum Gasteiger partial charge on any atom is 0.238 e. The standard InChI is InChI=1S/C24H30N6O3/c1-25-24-26-6-5-21(28-24)18-13-17-3-4-19(33-2)15-20(17)22(14-18)27-23(32)16-30-9-7-29(8-10-30)11-12-31/h3-6,13-15,31H,7-12,16H2,1-2H3,(H,27,32)(H,25,26,28). The van der Waals surface area contributed by atoms with Gasteiger partial charge in [-0.3, -0.25) is 14.6 Å². The van der Waals surface area contributed by atoms with E-state index in [0.717, 1.165) is 59.6 Å². The van der Waals surface area contributed by atoms with E-state index >= 15 is 0 Å². The number of amides is 1. The van der Waals surface area contributed by atoms with Gasteiger partial charge >= 0.3 is 0 Å². The van der Waals surface area contributed by atoms with Crippen molar-refractivity contribution in [3.05, 3.63) is 42.6 Å². The van der Waals surface area contributed by atoms with E-state index in [2.05, 4.69) is 30.4 Å². The molecule has 0 bridgehead atoms. The average molecular weight is 451 g/mol. The van der Waals surface area contributed by atoms with Crippen LogP contribution >= 0.6 is 0 Å². The first kappa shape index (κ1) is 22.9. The van der Waals surface area contributed by atoms with Gasteiger partial charge in [-0.2, -0.15) is 0 Å². The number of benzene rings is 2. The van der Waals surface area contributed by atoms with Gasteiger partial charge in [0.05, 0.1) is 26.0 Å². The second-order valence-electron chi connectivity index (χ2n) is 8.02. The highest BCUT2D eigenvalue weighted by atomic mass is 16.5. The molecule has 0 radical (unpaired) electrons. The predicted octanol–water partition coefficient (Wildman–Crippen LogP) is 1.90. The normalized spacial score (nSPS) is 14.9. The minimum atomic E-state index is -0.0644. The van der Waals surface area contributed by atoms with Crippen LogP contribution in [0, 0.1) is 0 Å². The van der Waals surface area contributed by atoms with Crippen molar-refractivity contribution in [3.63, 3.8) is 0 Å². The summed E-state index contributed by atoms with van der Waals surface area (Å²) in [4.78, 5) is 26.0. The molecule has 2 heterocycles. The van der Waals surface area contributed by atoms with Gasteiger partial charge in [-0.25, -0.2) is 9.97 Å². The molecule has 1 fully saturated rings. The zero-order chi connectivity index (χ0) is 23.2. The summed E-state index contributed by atoms with van der Waals surface area (Å²) >= 11 is 0. The number of methoxy groups -OCH3 is 1. The maximum atomic E-state index is 13.0. The molecule has 174 valence electrons. The molecule has 9 nitrogen and oxygen atoms in total. The SMILES string of the molecule is CNc1nccc(-c2cc(NC(=O)CN3CCN(CCO)CC3)c3cc(OC)ccc3c2)n1. The lowest BCUT2D eigenvalue weighted by Crippen LogP contribution is -2.49. The van der Waals surface area contributed by atoms with E-state index in [1.54, 1.807) is 20.4 Å². The van der Waals surface area contributed by atoms with Crippen LogP contribution < -0.4 is 15.4 Å². The van der Waals surface area contributed by atoms with Crippen LogP contribution in [0.3, 0.4) is 0 Å². The third-order valence-corrected chi connectivity index (χ3v) is 5.86. The van der Waals surface area contributed by atoms with Crippen molar-refractivity contribution in [2.45, 2.75) is 0 Å². The zero-order valence-electron chi connectivity index (χ0n) is 19.0. The van der Waals surface area contributed by atoms with Gasteiger partial charge in [-0.1, -0.05) is 6.07 Å². The number of β-amino-alcohol motifs (C(OH)–C–C–N with tert-alkyl or cyclic N) is 1. The Kier molecular flexibility index (Phi) is 7.33. The molecule has 0 aliphatic carbocycles. The van der Waals surface area contributed by atoms with Gasteiger partial charge in [0.25, 0.3) is 0 Å². The van der Waals surface area contributed by atoms with Gasteiger partial charge in [0.1, 0.15) is 5.75 Å².